The molecule has 122 valence electrons. The van der Waals surface area contributed by atoms with E-state index in [-0.39, 0.29) is 0 Å². The van der Waals surface area contributed by atoms with Crippen LogP contribution in [0.4, 0.5) is 0 Å². The van der Waals surface area contributed by atoms with Crippen molar-refractivity contribution in [3.8, 4) is 0 Å². The van der Waals surface area contributed by atoms with Crippen LogP contribution in [0, 0.1) is 12.8 Å². The zero-order valence-corrected chi connectivity index (χ0v) is 14.2. The summed E-state index contributed by atoms with van der Waals surface area (Å²) in [7, 11) is 0. The van der Waals surface area contributed by atoms with Crippen LogP contribution in [0.5, 0.6) is 0 Å². The molecule has 1 aliphatic heterocycles. The molecule has 2 heterocycles. The molecule has 0 aromatic carbocycles. The summed E-state index contributed by atoms with van der Waals surface area (Å²) >= 11 is 0. The molecule has 0 radical (unpaired) electrons. The molecule has 22 heavy (non-hydrogen) atoms. The molecular formula is C18H29N3O. The minimum Gasteiger partial charge on any atom is -0.343 e. The predicted octanol–water partition coefficient (Wildman–Crippen LogP) is 3.67. The normalized spacial score (nSPS) is 20.5. The Morgan fingerprint density at radius 2 is 1.95 bits per heavy atom. The molecule has 1 aromatic heterocycles. The number of imidazole rings is 1. The van der Waals surface area contributed by atoms with Crippen molar-refractivity contribution in [3.05, 3.63) is 17.7 Å². The summed E-state index contributed by atoms with van der Waals surface area (Å²) in [6.45, 7) is 8.20. The average molecular weight is 303 g/mol. The van der Waals surface area contributed by atoms with E-state index >= 15 is 0 Å². The van der Waals surface area contributed by atoms with E-state index in [1.54, 1.807) is 0 Å². The van der Waals surface area contributed by atoms with Crippen molar-refractivity contribution >= 4 is 5.91 Å². The molecule has 1 saturated heterocycles. The molecule has 3 rings (SSSR count). The molecule has 0 N–H and O–H groups in total. The number of piperidine rings is 1. The van der Waals surface area contributed by atoms with Gasteiger partial charge in [-0.25, -0.2) is 4.98 Å². The van der Waals surface area contributed by atoms with Gasteiger partial charge in [-0.15, -0.1) is 0 Å². The van der Waals surface area contributed by atoms with Crippen LogP contribution in [-0.2, 0) is 4.79 Å². The Morgan fingerprint density at radius 3 is 2.50 bits per heavy atom. The van der Waals surface area contributed by atoms with E-state index in [0.717, 1.165) is 25.9 Å². The first-order valence-electron chi connectivity index (χ1n) is 8.87. The monoisotopic (exact) mass is 303 g/mol. The van der Waals surface area contributed by atoms with Crippen molar-refractivity contribution in [1.29, 1.82) is 0 Å². The topological polar surface area (TPSA) is 38.1 Å². The van der Waals surface area contributed by atoms with Gasteiger partial charge in [-0.05, 0) is 38.5 Å². The van der Waals surface area contributed by atoms with Crippen molar-refractivity contribution in [2.24, 2.45) is 5.92 Å². The average Bonchev–Trinajstić information content (AvgIpc) is 2.78. The second-order valence-electron chi connectivity index (χ2n) is 7.47. The summed E-state index contributed by atoms with van der Waals surface area (Å²) in [4.78, 5) is 19.0. The maximum Gasteiger partial charge on any atom is 0.222 e. The van der Waals surface area contributed by atoms with Crippen LogP contribution < -0.4 is 0 Å². The van der Waals surface area contributed by atoms with Gasteiger partial charge in [0.1, 0.15) is 5.82 Å². The molecule has 0 spiro atoms. The summed E-state index contributed by atoms with van der Waals surface area (Å²) in [5, 5.41) is 0. The zero-order valence-electron chi connectivity index (χ0n) is 14.2. The summed E-state index contributed by atoms with van der Waals surface area (Å²) in [5.74, 6) is 2.76. The van der Waals surface area contributed by atoms with Gasteiger partial charge in [0.25, 0.3) is 0 Å². The fourth-order valence-corrected chi connectivity index (χ4v) is 3.76. The van der Waals surface area contributed by atoms with Crippen molar-refractivity contribution in [1.82, 2.24) is 14.5 Å². The number of hydrogen-bond acceptors (Lipinski definition) is 2. The highest BCUT2D eigenvalue weighted by Gasteiger charge is 2.30. The molecule has 2 aliphatic rings. The quantitative estimate of drug-likeness (QED) is 0.851. The standard InChI is InChI=1S/C18H29N3O/c1-13(2)11-17(22)20-9-7-16(8-10-20)21-14(3)12-19-18(21)15-5-4-6-15/h12-13,15-16H,4-11H2,1-3H3. The van der Waals surface area contributed by atoms with Crippen LogP contribution in [0.1, 0.15) is 75.9 Å². The Balaban J connectivity index is 1.64. The third-order valence-electron chi connectivity index (χ3n) is 5.25. The molecule has 1 amide bonds. The maximum atomic E-state index is 12.2. The van der Waals surface area contributed by atoms with Gasteiger partial charge >= 0.3 is 0 Å². The fourth-order valence-electron chi connectivity index (χ4n) is 3.76. The van der Waals surface area contributed by atoms with Crippen LogP contribution in [0.2, 0.25) is 0 Å². The van der Waals surface area contributed by atoms with Gasteiger partial charge in [-0.3, -0.25) is 4.79 Å². The van der Waals surface area contributed by atoms with E-state index in [1.165, 1.54) is 30.8 Å². The van der Waals surface area contributed by atoms with Crippen molar-refractivity contribution in [2.45, 2.75) is 71.3 Å². The van der Waals surface area contributed by atoms with Crippen LogP contribution in [0.3, 0.4) is 0 Å². The number of amides is 1. The molecule has 4 heteroatoms. The van der Waals surface area contributed by atoms with Crippen molar-refractivity contribution in [2.75, 3.05) is 13.1 Å². The smallest absolute Gasteiger partial charge is 0.222 e. The van der Waals surface area contributed by atoms with Crippen LogP contribution >= 0.6 is 0 Å². The first kappa shape index (κ1) is 15.6. The molecule has 4 nitrogen and oxygen atoms in total. The molecule has 1 aliphatic carbocycles. The van der Waals surface area contributed by atoms with E-state index in [0.29, 0.717) is 30.2 Å². The Kier molecular flexibility index (Phi) is 4.55. The second-order valence-corrected chi connectivity index (χ2v) is 7.47. The first-order chi connectivity index (χ1) is 10.6. The van der Waals surface area contributed by atoms with Gasteiger partial charge in [-0.2, -0.15) is 0 Å². The lowest BCUT2D eigenvalue weighted by molar-refractivity contribution is -0.133. The number of likely N-dealkylation sites (tertiary alicyclic amines) is 1. The van der Waals surface area contributed by atoms with Crippen molar-refractivity contribution in [3.63, 3.8) is 0 Å². The number of carbonyl (C=O) groups is 1. The number of hydrogen-bond donors (Lipinski definition) is 0. The van der Waals surface area contributed by atoms with Crippen LogP contribution in [0.15, 0.2) is 6.20 Å². The minimum atomic E-state index is 0.329. The first-order valence-corrected chi connectivity index (χ1v) is 8.87. The van der Waals surface area contributed by atoms with E-state index in [9.17, 15) is 4.79 Å². The summed E-state index contributed by atoms with van der Waals surface area (Å²) < 4.78 is 2.48. The van der Waals surface area contributed by atoms with Crippen molar-refractivity contribution < 1.29 is 4.79 Å². The molecule has 1 saturated carbocycles. The highest BCUT2D eigenvalue weighted by atomic mass is 16.2. The lowest BCUT2D eigenvalue weighted by Crippen LogP contribution is -2.40. The molecule has 0 bridgehead atoms. The Bertz CT molecular complexity index is 522. The Labute approximate surface area is 133 Å². The lowest BCUT2D eigenvalue weighted by Gasteiger charge is -2.36. The van der Waals surface area contributed by atoms with Crippen LogP contribution in [0.25, 0.3) is 0 Å². The number of aryl methyl sites for hydroxylation is 1. The molecule has 0 unspecified atom stereocenters. The lowest BCUT2D eigenvalue weighted by atomic mass is 9.84. The molecule has 1 aromatic rings. The molecular weight excluding hydrogens is 274 g/mol. The molecule has 0 atom stereocenters. The SMILES string of the molecule is Cc1cnc(C2CCC2)n1C1CCN(C(=O)CC(C)C)CC1. The van der Waals surface area contributed by atoms with E-state index in [4.69, 9.17) is 0 Å². The fraction of sp³-hybridized carbons (Fsp3) is 0.778. The van der Waals surface area contributed by atoms with E-state index in [2.05, 4.69) is 35.2 Å². The number of nitrogens with zero attached hydrogens (tertiary/aromatic N) is 3. The zero-order chi connectivity index (χ0) is 15.7. The largest absolute Gasteiger partial charge is 0.343 e. The van der Waals surface area contributed by atoms with Gasteiger partial charge < -0.3 is 9.47 Å². The number of rotatable bonds is 4. The number of carbonyl (C=O) groups excluding carboxylic acids is 1. The van der Waals surface area contributed by atoms with Gasteiger partial charge in [0.15, 0.2) is 0 Å². The highest BCUT2D eigenvalue weighted by Crippen LogP contribution is 2.38. The third-order valence-corrected chi connectivity index (χ3v) is 5.25. The van der Waals surface area contributed by atoms with E-state index in [1.807, 2.05) is 6.20 Å². The number of aromatic nitrogens is 2. The summed E-state index contributed by atoms with van der Waals surface area (Å²) in [5.41, 5.74) is 1.29. The van der Waals surface area contributed by atoms with Gasteiger partial charge in [0, 0.05) is 43.4 Å². The second kappa shape index (κ2) is 6.43. The van der Waals surface area contributed by atoms with E-state index < -0.39 is 0 Å². The maximum absolute atomic E-state index is 12.2. The predicted molar refractivity (Wildman–Crippen MR) is 87.9 cm³/mol. The van der Waals surface area contributed by atoms with Gasteiger partial charge in [0.05, 0.1) is 0 Å². The summed E-state index contributed by atoms with van der Waals surface area (Å²) in [6.07, 6.45) is 8.79. The highest BCUT2D eigenvalue weighted by molar-refractivity contribution is 5.76. The van der Waals surface area contributed by atoms with Gasteiger partial charge in [-0.1, -0.05) is 20.3 Å². The Morgan fingerprint density at radius 1 is 1.27 bits per heavy atom. The molecule has 2 fully saturated rings. The van der Waals surface area contributed by atoms with Gasteiger partial charge in [0.2, 0.25) is 5.91 Å². The Hall–Kier alpha value is -1.32. The minimum absolute atomic E-state index is 0.329. The summed E-state index contributed by atoms with van der Waals surface area (Å²) in [6, 6.07) is 0.529. The van der Waals surface area contributed by atoms with Crippen LogP contribution in [-0.4, -0.2) is 33.4 Å². The third kappa shape index (κ3) is 3.06.